The average molecular weight is 865 g/mol. The smallest absolute Gasteiger partial charge is 0.312 e. The lowest BCUT2D eigenvalue weighted by atomic mass is 9.78. The van der Waals surface area contributed by atoms with Gasteiger partial charge < -0.3 is 54.1 Å². The number of benzene rings is 1. The van der Waals surface area contributed by atoms with E-state index in [1.807, 2.05) is 25.9 Å². The van der Waals surface area contributed by atoms with Gasteiger partial charge in [-0.3, -0.25) is 19.3 Å². The molecule has 0 saturated carbocycles. The lowest BCUT2D eigenvalue weighted by Crippen LogP contribution is -2.60. The van der Waals surface area contributed by atoms with Crippen molar-refractivity contribution in [2.24, 2.45) is 17.8 Å². The molecule has 0 spiro atoms. The number of amides is 1. The minimum Gasteiger partial charge on any atom is -0.461 e. The Labute approximate surface area is 361 Å². The summed E-state index contributed by atoms with van der Waals surface area (Å²) in [7, 11) is 3.73. The van der Waals surface area contributed by atoms with Gasteiger partial charge in [0.15, 0.2) is 6.29 Å². The summed E-state index contributed by atoms with van der Waals surface area (Å²) in [6.45, 7) is 20.3. The largest absolute Gasteiger partial charge is 0.461 e. The summed E-state index contributed by atoms with van der Waals surface area (Å²) in [5.41, 5.74) is -2.43. The number of cyclic esters (lactones) is 1. The number of piperazine rings is 1. The van der Waals surface area contributed by atoms with E-state index < -0.39 is 89.7 Å². The molecule has 14 atom stereocenters. The van der Waals surface area contributed by atoms with E-state index in [1.165, 1.54) is 26.0 Å². The van der Waals surface area contributed by atoms with Crippen LogP contribution in [0.1, 0.15) is 81.1 Å². The normalized spacial score (nSPS) is 37.6. The highest BCUT2D eigenvalue weighted by Gasteiger charge is 2.52. The fraction of sp³-hybridized carbons (Fsp3) is 0.756. The molecule has 0 radical (unpaired) electrons. The third-order valence-corrected chi connectivity index (χ3v) is 12.9. The Kier molecular flexibility index (Phi) is 18.1. The number of nitrogens with one attached hydrogen (secondary N) is 1. The van der Waals surface area contributed by atoms with Crippen molar-refractivity contribution in [3.8, 4) is 0 Å². The molecule has 0 aromatic heterocycles. The van der Waals surface area contributed by atoms with Gasteiger partial charge in [-0.2, -0.15) is 0 Å². The first kappa shape index (κ1) is 50.4. The predicted molar refractivity (Wildman–Crippen MR) is 228 cm³/mol. The molecule has 3 aliphatic heterocycles. The summed E-state index contributed by atoms with van der Waals surface area (Å²) in [6.07, 6.45) is -5.34. The molecule has 1 amide bonds. The third kappa shape index (κ3) is 12.7. The number of likely N-dealkylation sites (N-methyl/N-ethyl adjacent to an activating group) is 1. The zero-order chi connectivity index (χ0) is 45.4. The minimum absolute atomic E-state index is 0.00319. The number of anilines is 1. The molecule has 0 bridgehead atoms. The Hall–Kier alpha value is -3.22. The number of hydrogen-bond acceptors (Lipinski definition) is 14. The summed E-state index contributed by atoms with van der Waals surface area (Å²) < 4.78 is 45.5. The fourth-order valence-corrected chi connectivity index (χ4v) is 9.18. The van der Waals surface area contributed by atoms with Gasteiger partial charge in [-0.05, 0) is 92.2 Å². The van der Waals surface area contributed by atoms with Gasteiger partial charge in [0.2, 0.25) is 5.91 Å². The van der Waals surface area contributed by atoms with Crippen molar-refractivity contribution in [2.45, 2.75) is 147 Å². The number of halogens is 1. The Morgan fingerprint density at radius 3 is 2.28 bits per heavy atom. The van der Waals surface area contributed by atoms with Crippen molar-refractivity contribution in [3.05, 3.63) is 42.7 Å². The second-order valence-corrected chi connectivity index (χ2v) is 18.1. The van der Waals surface area contributed by atoms with Crippen LogP contribution in [0.15, 0.2) is 36.9 Å². The van der Waals surface area contributed by atoms with Crippen LogP contribution in [0.5, 0.6) is 0 Å². The van der Waals surface area contributed by atoms with E-state index in [0.717, 1.165) is 5.69 Å². The van der Waals surface area contributed by atoms with Crippen molar-refractivity contribution in [1.29, 1.82) is 0 Å². The van der Waals surface area contributed by atoms with Crippen molar-refractivity contribution in [2.75, 3.05) is 58.3 Å². The summed E-state index contributed by atoms with van der Waals surface area (Å²) in [5, 5.41) is 37.7. The molecular formula is C45H73FN4O11. The molecule has 61 heavy (non-hydrogen) atoms. The molecule has 1 aromatic rings. The van der Waals surface area contributed by atoms with Crippen LogP contribution in [0.25, 0.3) is 0 Å². The third-order valence-electron chi connectivity index (χ3n) is 12.9. The summed E-state index contributed by atoms with van der Waals surface area (Å²) in [6, 6.07) is 5.45. The number of carbonyl (C=O) groups excluding carboxylic acids is 3. The molecule has 3 saturated heterocycles. The SMILES string of the molecule is C=CCO[C@]1(C)C[C@@H](C)NC(=O)[C@H](C)[C@@H](O)[C@](C)(O)[C@@H](CC)OC(=O)[C@H](C)[C@@H](OC(=O)CCN2CCN(c3ccc(F)cc3)CC2)[C@H](C)[C@H]1O[C@@H]1O[C@H](C)C[C@H](N(C)C)[C@H]1O. The fourth-order valence-electron chi connectivity index (χ4n) is 9.18. The van der Waals surface area contributed by atoms with Crippen LogP contribution in [0, 0.1) is 23.6 Å². The van der Waals surface area contributed by atoms with Crippen LogP contribution < -0.4 is 10.2 Å². The van der Waals surface area contributed by atoms with E-state index >= 15 is 0 Å². The van der Waals surface area contributed by atoms with E-state index in [9.17, 15) is 34.1 Å². The topological polar surface area (TPSA) is 180 Å². The number of esters is 2. The maximum Gasteiger partial charge on any atom is 0.312 e. The van der Waals surface area contributed by atoms with Crippen molar-refractivity contribution >= 4 is 23.5 Å². The van der Waals surface area contributed by atoms with Gasteiger partial charge in [-0.1, -0.05) is 26.8 Å². The highest BCUT2D eigenvalue weighted by atomic mass is 19.1. The minimum atomic E-state index is -2.04. The number of nitrogens with zero attached hydrogens (tertiary/aromatic N) is 3. The van der Waals surface area contributed by atoms with Gasteiger partial charge in [0, 0.05) is 56.4 Å². The molecular weight excluding hydrogens is 792 g/mol. The van der Waals surface area contributed by atoms with Gasteiger partial charge in [-0.25, -0.2) is 4.39 Å². The van der Waals surface area contributed by atoms with Crippen LogP contribution in [-0.4, -0.2) is 163 Å². The molecule has 16 heteroatoms. The molecule has 0 aliphatic carbocycles. The molecule has 1 aromatic carbocycles. The quantitative estimate of drug-likeness (QED) is 0.178. The van der Waals surface area contributed by atoms with Crippen LogP contribution in [0.3, 0.4) is 0 Å². The van der Waals surface area contributed by atoms with Crippen LogP contribution >= 0.6 is 0 Å². The van der Waals surface area contributed by atoms with Gasteiger partial charge in [-0.15, -0.1) is 6.58 Å². The Morgan fingerprint density at radius 2 is 1.69 bits per heavy atom. The number of aliphatic hydroxyl groups is 3. The highest BCUT2D eigenvalue weighted by molar-refractivity contribution is 5.79. The molecule has 346 valence electrons. The number of carbonyl (C=O) groups is 3. The first-order valence-electron chi connectivity index (χ1n) is 21.9. The van der Waals surface area contributed by atoms with Crippen LogP contribution in [-0.2, 0) is 38.1 Å². The standard InChI is InChI=1S/C45H73FN4O11/c1-12-24-57-44(8)26-27(3)47-41(54)31(7)39(53)45(9,56)35(13-2)59-42(55)30(6)38(29(5)40(44)61-43-37(52)34(48(10)11)25-28(4)58-43)60-36(51)18-19-49-20-22-50(23-21-49)33-16-14-32(46)15-17-33/h12,14-17,27-31,34-35,37-40,43,52-53,56H,1,13,18-26H2,2-11H3,(H,47,54)/t27-,28-,29+,30-,31-,34+,35-,37-,38+,39-,40-,43+,44-,45-/m1/s1. The second-order valence-electron chi connectivity index (χ2n) is 18.1. The van der Waals surface area contributed by atoms with E-state index in [2.05, 4.69) is 21.7 Å². The van der Waals surface area contributed by atoms with E-state index in [1.54, 1.807) is 52.8 Å². The second kappa shape index (κ2) is 21.9. The molecule has 3 fully saturated rings. The summed E-state index contributed by atoms with van der Waals surface area (Å²) in [5.74, 6) is -5.31. The summed E-state index contributed by atoms with van der Waals surface area (Å²) >= 11 is 0. The zero-order valence-corrected chi connectivity index (χ0v) is 37.9. The lowest BCUT2D eigenvalue weighted by Gasteiger charge is -2.48. The van der Waals surface area contributed by atoms with E-state index in [0.29, 0.717) is 39.1 Å². The summed E-state index contributed by atoms with van der Waals surface area (Å²) in [4.78, 5) is 48.2. The first-order valence-corrected chi connectivity index (χ1v) is 21.9. The molecule has 4 N–H and O–H groups in total. The van der Waals surface area contributed by atoms with Crippen molar-refractivity contribution in [3.63, 3.8) is 0 Å². The molecule has 3 aliphatic rings. The number of aliphatic hydroxyl groups excluding tert-OH is 2. The number of rotatable bonds is 12. The van der Waals surface area contributed by atoms with E-state index in [4.69, 9.17) is 23.7 Å². The Balaban J connectivity index is 1.72. The monoisotopic (exact) mass is 865 g/mol. The first-order chi connectivity index (χ1) is 28.6. The number of hydrogen-bond donors (Lipinski definition) is 4. The van der Waals surface area contributed by atoms with Crippen molar-refractivity contribution in [1.82, 2.24) is 15.1 Å². The van der Waals surface area contributed by atoms with Crippen molar-refractivity contribution < 1.29 is 57.8 Å². The maximum atomic E-state index is 14.3. The lowest BCUT2D eigenvalue weighted by molar-refractivity contribution is -0.302. The molecule has 3 heterocycles. The molecule has 4 rings (SSSR count). The average Bonchev–Trinajstić information content (AvgIpc) is 3.21. The Morgan fingerprint density at radius 1 is 1.05 bits per heavy atom. The Bertz CT molecular complexity index is 1590. The maximum absolute atomic E-state index is 14.3. The van der Waals surface area contributed by atoms with Crippen LogP contribution in [0.4, 0.5) is 10.1 Å². The predicted octanol–water partition coefficient (Wildman–Crippen LogP) is 3.27. The van der Waals surface area contributed by atoms with Gasteiger partial charge >= 0.3 is 11.9 Å². The van der Waals surface area contributed by atoms with Gasteiger partial charge in [0.1, 0.15) is 29.7 Å². The number of ether oxygens (including phenoxy) is 5. The van der Waals surface area contributed by atoms with Gasteiger partial charge in [0.05, 0.1) is 48.8 Å². The van der Waals surface area contributed by atoms with E-state index in [-0.39, 0.29) is 43.8 Å². The molecule has 15 nitrogen and oxygen atoms in total. The molecule has 0 unspecified atom stereocenters. The zero-order valence-electron chi connectivity index (χ0n) is 37.9. The highest BCUT2D eigenvalue weighted by Crippen LogP contribution is 2.39. The van der Waals surface area contributed by atoms with Gasteiger partial charge in [0.25, 0.3) is 0 Å². The van der Waals surface area contributed by atoms with Crippen LogP contribution in [0.2, 0.25) is 0 Å².